The Kier molecular flexibility index (Phi) is 3.56. The number of pyridine rings is 1. The second-order valence-electron chi connectivity index (χ2n) is 4.52. The minimum Gasteiger partial charge on any atom is -0.314 e. The van der Waals surface area contributed by atoms with Crippen molar-refractivity contribution in [1.29, 1.82) is 0 Å². The van der Waals surface area contributed by atoms with Crippen molar-refractivity contribution < 1.29 is 4.92 Å². The van der Waals surface area contributed by atoms with E-state index in [2.05, 4.69) is 15.0 Å². The SMILES string of the molecule is CN(c1ccccn1)c1ncnc2cc(Cl)c([N+](=O)[O-])cc12. The van der Waals surface area contributed by atoms with E-state index in [4.69, 9.17) is 11.6 Å². The molecule has 0 saturated carbocycles. The lowest BCUT2D eigenvalue weighted by Gasteiger charge is -2.18. The normalized spacial score (nSPS) is 10.6. The van der Waals surface area contributed by atoms with Gasteiger partial charge in [-0.2, -0.15) is 0 Å². The molecule has 110 valence electrons. The van der Waals surface area contributed by atoms with Crippen LogP contribution in [0.25, 0.3) is 10.9 Å². The summed E-state index contributed by atoms with van der Waals surface area (Å²) in [7, 11) is 1.78. The number of benzene rings is 1. The lowest BCUT2D eigenvalue weighted by Crippen LogP contribution is -2.13. The number of nitro groups is 1. The molecular formula is C14H10ClN5O2. The van der Waals surface area contributed by atoms with Crippen LogP contribution in [0.3, 0.4) is 0 Å². The molecule has 0 fully saturated rings. The monoisotopic (exact) mass is 315 g/mol. The van der Waals surface area contributed by atoms with Crippen LogP contribution in [-0.2, 0) is 0 Å². The number of fused-ring (bicyclic) bond motifs is 1. The van der Waals surface area contributed by atoms with Gasteiger partial charge in [-0.1, -0.05) is 17.7 Å². The van der Waals surface area contributed by atoms with Crippen LogP contribution in [0, 0.1) is 10.1 Å². The van der Waals surface area contributed by atoms with Gasteiger partial charge in [0.1, 0.15) is 23.0 Å². The first kappa shape index (κ1) is 14.2. The van der Waals surface area contributed by atoms with E-state index < -0.39 is 4.92 Å². The van der Waals surface area contributed by atoms with Gasteiger partial charge in [-0.05, 0) is 18.2 Å². The van der Waals surface area contributed by atoms with Crippen molar-refractivity contribution in [2.75, 3.05) is 11.9 Å². The first-order valence-electron chi connectivity index (χ1n) is 6.31. The van der Waals surface area contributed by atoms with Gasteiger partial charge in [0, 0.05) is 19.3 Å². The van der Waals surface area contributed by atoms with Crippen molar-refractivity contribution >= 4 is 39.8 Å². The molecular weight excluding hydrogens is 306 g/mol. The Morgan fingerprint density at radius 2 is 2.05 bits per heavy atom. The van der Waals surface area contributed by atoms with Crippen LogP contribution in [0.15, 0.2) is 42.9 Å². The molecule has 2 aromatic heterocycles. The average Bonchev–Trinajstić information content (AvgIpc) is 2.53. The summed E-state index contributed by atoms with van der Waals surface area (Å²) < 4.78 is 0. The quantitative estimate of drug-likeness (QED) is 0.544. The molecule has 22 heavy (non-hydrogen) atoms. The fraction of sp³-hybridized carbons (Fsp3) is 0.0714. The molecule has 3 aromatic rings. The summed E-state index contributed by atoms with van der Waals surface area (Å²) in [5, 5.41) is 11.6. The van der Waals surface area contributed by atoms with E-state index in [1.54, 1.807) is 24.2 Å². The van der Waals surface area contributed by atoms with Crippen LogP contribution < -0.4 is 4.90 Å². The lowest BCUT2D eigenvalue weighted by atomic mass is 10.2. The maximum Gasteiger partial charge on any atom is 0.288 e. The molecule has 7 nitrogen and oxygen atoms in total. The Morgan fingerprint density at radius 1 is 1.23 bits per heavy atom. The van der Waals surface area contributed by atoms with Gasteiger partial charge in [-0.25, -0.2) is 15.0 Å². The van der Waals surface area contributed by atoms with E-state index in [0.717, 1.165) is 0 Å². The molecule has 0 aliphatic rings. The van der Waals surface area contributed by atoms with E-state index in [1.807, 2.05) is 12.1 Å². The van der Waals surface area contributed by atoms with Crippen molar-refractivity contribution in [2.45, 2.75) is 0 Å². The van der Waals surface area contributed by atoms with Crippen LogP contribution in [-0.4, -0.2) is 26.9 Å². The van der Waals surface area contributed by atoms with Crippen LogP contribution in [0.4, 0.5) is 17.3 Å². The maximum atomic E-state index is 11.1. The topological polar surface area (TPSA) is 85.0 Å². The molecule has 0 bridgehead atoms. The van der Waals surface area contributed by atoms with Gasteiger partial charge in [0.05, 0.1) is 15.8 Å². The molecule has 0 amide bonds. The average molecular weight is 316 g/mol. The second-order valence-corrected chi connectivity index (χ2v) is 4.93. The first-order valence-corrected chi connectivity index (χ1v) is 6.69. The summed E-state index contributed by atoms with van der Waals surface area (Å²) in [6, 6.07) is 8.32. The Labute approximate surface area is 130 Å². The van der Waals surface area contributed by atoms with E-state index in [9.17, 15) is 10.1 Å². The van der Waals surface area contributed by atoms with Gasteiger partial charge < -0.3 is 4.90 Å². The number of hydrogen-bond acceptors (Lipinski definition) is 6. The third-order valence-corrected chi connectivity index (χ3v) is 3.49. The number of nitrogens with zero attached hydrogens (tertiary/aromatic N) is 5. The lowest BCUT2D eigenvalue weighted by molar-refractivity contribution is -0.384. The number of hydrogen-bond donors (Lipinski definition) is 0. The zero-order valence-electron chi connectivity index (χ0n) is 11.5. The van der Waals surface area contributed by atoms with Crippen molar-refractivity contribution in [1.82, 2.24) is 15.0 Å². The molecule has 0 N–H and O–H groups in total. The molecule has 8 heteroatoms. The second kappa shape index (κ2) is 5.53. The minimum absolute atomic E-state index is 0.0441. The van der Waals surface area contributed by atoms with Crippen LogP contribution in [0.5, 0.6) is 0 Å². The van der Waals surface area contributed by atoms with Gasteiger partial charge in [0.15, 0.2) is 0 Å². The fourth-order valence-corrected chi connectivity index (χ4v) is 2.35. The van der Waals surface area contributed by atoms with Crippen molar-refractivity contribution in [3.63, 3.8) is 0 Å². The minimum atomic E-state index is -0.528. The summed E-state index contributed by atoms with van der Waals surface area (Å²) >= 11 is 5.92. The molecule has 0 aliphatic heterocycles. The van der Waals surface area contributed by atoms with E-state index in [0.29, 0.717) is 22.5 Å². The molecule has 0 saturated heterocycles. The van der Waals surface area contributed by atoms with Crippen molar-refractivity contribution in [2.24, 2.45) is 0 Å². The number of halogens is 1. The highest BCUT2D eigenvalue weighted by Gasteiger charge is 2.18. The summed E-state index contributed by atoms with van der Waals surface area (Å²) in [5.41, 5.74) is 0.350. The molecule has 3 rings (SSSR count). The van der Waals surface area contributed by atoms with E-state index in [-0.39, 0.29) is 10.7 Å². The highest BCUT2D eigenvalue weighted by Crippen LogP contribution is 2.33. The highest BCUT2D eigenvalue weighted by atomic mass is 35.5. The zero-order valence-corrected chi connectivity index (χ0v) is 12.2. The summed E-state index contributed by atoms with van der Waals surface area (Å²) in [6.45, 7) is 0. The van der Waals surface area contributed by atoms with E-state index in [1.165, 1.54) is 18.5 Å². The number of nitro benzene ring substituents is 1. The predicted molar refractivity (Wildman–Crippen MR) is 83.5 cm³/mol. The Morgan fingerprint density at radius 3 is 2.73 bits per heavy atom. The third kappa shape index (κ3) is 2.42. The summed E-state index contributed by atoms with van der Waals surface area (Å²) in [4.78, 5) is 24.9. The maximum absolute atomic E-state index is 11.1. The van der Waals surface area contributed by atoms with Gasteiger partial charge in [-0.15, -0.1) is 0 Å². The van der Waals surface area contributed by atoms with E-state index >= 15 is 0 Å². The van der Waals surface area contributed by atoms with Crippen LogP contribution in [0.1, 0.15) is 0 Å². The standard InChI is InChI=1S/C14H10ClN5O2/c1-19(13-4-2-3-5-16-13)14-9-6-12(20(21)22)10(15)7-11(9)17-8-18-14/h2-8H,1H3. The molecule has 0 spiro atoms. The van der Waals surface area contributed by atoms with Crippen LogP contribution in [0.2, 0.25) is 5.02 Å². The molecule has 0 radical (unpaired) electrons. The van der Waals surface area contributed by atoms with Crippen LogP contribution >= 0.6 is 11.6 Å². The largest absolute Gasteiger partial charge is 0.314 e. The third-order valence-electron chi connectivity index (χ3n) is 3.19. The molecule has 0 unspecified atom stereocenters. The Bertz CT molecular complexity index is 856. The highest BCUT2D eigenvalue weighted by molar-refractivity contribution is 6.33. The zero-order chi connectivity index (χ0) is 15.7. The van der Waals surface area contributed by atoms with Gasteiger partial charge in [0.25, 0.3) is 5.69 Å². The first-order chi connectivity index (χ1) is 10.6. The smallest absolute Gasteiger partial charge is 0.288 e. The number of rotatable bonds is 3. The molecule has 1 aromatic carbocycles. The number of aromatic nitrogens is 3. The summed E-state index contributed by atoms with van der Waals surface area (Å²) in [6.07, 6.45) is 3.05. The molecule has 2 heterocycles. The fourth-order valence-electron chi connectivity index (χ4n) is 2.12. The van der Waals surface area contributed by atoms with Gasteiger partial charge in [-0.3, -0.25) is 10.1 Å². The molecule has 0 aliphatic carbocycles. The van der Waals surface area contributed by atoms with Gasteiger partial charge in [0.2, 0.25) is 0 Å². The van der Waals surface area contributed by atoms with Crippen molar-refractivity contribution in [3.8, 4) is 0 Å². The summed E-state index contributed by atoms with van der Waals surface area (Å²) in [5.74, 6) is 1.18. The number of anilines is 2. The Hall–Kier alpha value is -2.80. The molecule has 0 atom stereocenters. The predicted octanol–water partition coefficient (Wildman–Crippen LogP) is 3.35. The van der Waals surface area contributed by atoms with Crippen molar-refractivity contribution in [3.05, 3.63) is 58.0 Å². The van der Waals surface area contributed by atoms with Gasteiger partial charge >= 0.3 is 0 Å². The Balaban J connectivity index is 2.21.